The zero-order valence-electron chi connectivity index (χ0n) is 16.4. The quantitative estimate of drug-likeness (QED) is 0.643. The van der Waals surface area contributed by atoms with Gasteiger partial charge >= 0.3 is 0 Å². The summed E-state index contributed by atoms with van der Waals surface area (Å²) in [6.07, 6.45) is 9.42. The van der Waals surface area contributed by atoms with Gasteiger partial charge in [0, 0.05) is 18.2 Å². The minimum Gasteiger partial charge on any atom is -0.492 e. The number of hydrogen-bond donors (Lipinski definition) is 2. The van der Waals surface area contributed by atoms with Crippen molar-refractivity contribution in [1.29, 1.82) is 0 Å². The number of ether oxygens (including phenoxy) is 1. The topological polar surface area (TPSA) is 64.4 Å². The van der Waals surface area contributed by atoms with Gasteiger partial charge in [-0.1, -0.05) is 56.4 Å². The van der Waals surface area contributed by atoms with Crippen molar-refractivity contribution in [2.75, 3.05) is 13.2 Å². The van der Waals surface area contributed by atoms with E-state index in [4.69, 9.17) is 10.5 Å². The highest BCUT2D eigenvalue weighted by Crippen LogP contribution is 2.24. The van der Waals surface area contributed by atoms with Crippen LogP contribution in [0, 0.1) is 0 Å². The molecule has 0 saturated heterocycles. The Morgan fingerprint density at radius 2 is 1.64 bits per heavy atom. The average Bonchev–Trinajstić information content (AvgIpc) is 2.67. The van der Waals surface area contributed by atoms with Crippen LogP contribution >= 0.6 is 12.4 Å². The largest absolute Gasteiger partial charge is 0.492 e. The Morgan fingerprint density at radius 1 is 0.964 bits per heavy atom. The summed E-state index contributed by atoms with van der Waals surface area (Å²) in [5, 5.41) is 3.65. The molecule has 0 unspecified atom stereocenters. The number of halogens is 1. The number of nitrogens with one attached hydrogen (secondary N) is 1. The molecule has 1 aliphatic carbocycles. The molecule has 2 aromatic carbocycles. The molecule has 0 atom stereocenters. The lowest BCUT2D eigenvalue weighted by atomic mass is 9.97. The normalized spacial score (nSPS) is 15.1. The molecular weight excluding hydrogens is 372 g/mol. The Hall–Kier alpha value is -2.04. The molecule has 0 aliphatic heterocycles. The van der Waals surface area contributed by atoms with E-state index in [1.165, 1.54) is 44.9 Å². The summed E-state index contributed by atoms with van der Waals surface area (Å²) >= 11 is 0. The van der Waals surface area contributed by atoms with Crippen molar-refractivity contribution in [3.05, 3.63) is 54.1 Å². The fourth-order valence-electron chi connectivity index (χ4n) is 3.68. The molecule has 152 valence electrons. The molecule has 0 heterocycles. The number of carbonyl (C=O) groups excluding carboxylic acids is 1. The van der Waals surface area contributed by atoms with Gasteiger partial charge in [-0.2, -0.15) is 0 Å². The third-order valence-corrected chi connectivity index (χ3v) is 5.25. The van der Waals surface area contributed by atoms with Crippen molar-refractivity contribution in [3.8, 4) is 16.9 Å². The summed E-state index contributed by atoms with van der Waals surface area (Å²) in [6, 6.07) is 16.0. The third kappa shape index (κ3) is 6.84. The Bertz CT molecular complexity index is 726. The van der Waals surface area contributed by atoms with Crippen LogP contribution in [0.2, 0.25) is 0 Å². The van der Waals surface area contributed by atoms with Crippen LogP contribution in [0.4, 0.5) is 0 Å². The number of benzene rings is 2. The maximum Gasteiger partial charge on any atom is 0.248 e. The summed E-state index contributed by atoms with van der Waals surface area (Å²) in [5.41, 5.74) is 7.93. The molecule has 0 bridgehead atoms. The monoisotopic (exact) mass is 402 g/mol. The number of carbonyl (C=O) groups is 1. The fraction of sp³-hybridized carbons (Fsp3) is 0.435. The molecule has 3 N–H and O–H groups in total. The standard InChI is InChI=1S/C23H30N2O2.ClH/c24-23(26)19-13-11-18(12-14-19)20-7-6-10-22(17-20)27-16-15-25-21-8-4-2-1-3-5-9-21;/h6-7,10-14,17,21,25H,1-5,8-9,15-16H2,(H2,24,26);1H. The highest BCUT2D eigenvalue weighted by Gasteiger charge is 2.10. The van der Waals surface area contributed by atoms with Gasteiger partial charge in [-0.05, 0) is 48.2 Å². The predicted molar refractivity (Wildman–Crippen MR) is 117 cm³/mol. The number of rotatable bonds is 7. The van der Waals surface area contributed by atoms with Gasteiger partial charge in [-0.3, -0.25) is 4.79 Å². The lowest BCUT2D eigenvalue weighted by Gasteiger charge is -2.21. The second kappa shape index (κ2) is 11.7. The third-order valence-electron chi connectivity index (χ3n) is 5.25. The SMILES string of the molecule is Cl.NC(=O)c1ccc(-c2cccc(OCCNC3CCCCCCC3)c2)cc1. The van der Waals surface area contributed by atoms with Crippen LogP contribution in [0.3, 0.4) is 0 Å². The number of primary amides is 1. The zero-order valence-corrected chi connectivity index (χ0v) is 17.2. The van der Waals surface area contributed by atoms with Crippen LogP contribution in [0.5, 0.6) is 5.75 Å². The minimum atomic E-state index is -0.407. The molecule has 1 fully saturated rings. The van der Waals surface area contributed by atoms with Crippen molar-refractivity contribution in [2.24, 2.45) is 5.73 Å². The van der Waals surface area contributed by atoms with E-state index in [9.17, 15) is 4.79 Å². The molecule has 0 spiro atoms. The first kappa shape index (κ1) is 22.3. The number of amides is 1. The van der Waals surface area contributed by atoms with Crippen LogP contribution in [0.15, 0.2) is 48.5 Å². The van der Waals surface area contributed by atoms with E-state index >= 15 is 0 Å². The molecule has 3 rings (SSSR count). The van der Waals surface area contributed by atoms with Crippen LogP contribution in [-0.2, 0) is 0 Å². The van der Waals surface area contributed by atoms with Crippen LogP contribution in [0.25, 0.3) is 11.1 Å². The van der Waals surface area contributed by atoms with E-state index in [0.29, 0.717) is 18.2 Å². The fourth-order valence-corrected chi connectivity index (χ4v) is 3.68. The van der Waals surface area contributed by atoms with Gasteiger partial charge in [0.2, 0.25) is 5.91 Å². The van der Waals surface area contributed by atoms with Crippen molar-refractivity contribution in [2.45, 2.75) is 51.0 Å². The van der Waals surface area contributed by atoms with E-state index in [0.717, 1.165) is 23.4 Å². The van der Waals surface area contributed by atoms with Gasteiger partial charge < -0.3 is 15.8 Å². The van der Waals surface area contributed by atoms with Crippen molar-refractivity contribution in [3.63, 3.8) is 0 Å². The van der Waals surface area contributed by atoms with Gasteiger partial charge in [0.1, 0.15) is 12.4 Å². The molecule has 1 amide bonds. The smallest absolute Gasteiger partial charge is 0.248 e. The summed E-state index contributed by atoms with van der Waals surface area (Å²) in [7, 11) is 0. The van der Waals surface area contributed by atoms with Crippen LogP contribution < -0.4 is 15.8 Å². The lowest BCUT2D eigenvalue weighted by molar-refractivity contribution is 0.100. The van der Waals surface area contributed by atoms with Crippen LogP contribution in [-0.4, -0.2) is 25.1 Å². The van der Waals surface area contributed by atoms with Gasteiger partial charge in [0.25, 0.3) is 0 Å². The maximum atomic E-state index is 11.2. The second-order valence-electron chi connectivity index (χ2n) is 7.31. The van der Waals surface area contributed by atoms with Gasteiger partial charge in [-0.25, -0.2) is 0 Å². The van der Waals surface area contributed by atoms with Gasteiger partial charge in [0.15, 0.2) is 0 Å². The first-order chi connectivity index (χ1) is 13.2. The van der Waals surface area contributed by atoms with Crippen molar-refractivity contribution < 1.29 is 9.53 Å². The highest BCUT2D eigenvalue weighted by atomic mass is 35.5. The summed E-state index contributed by atoms with van der Waals surface area (Å²) < 4.78 is 5.94. The molecule has 5 heteroatoms. The van der Waals surface area contributed by atoms with E-state index in [1.54, 1.807) is 12.1 Å². The average molecular weight is 403 g/mol. The maximum absolute atomic E-state index is 11.2. The van der Waals surface area contributed by atoms with Gasteiger partial charge in [-0.15, -0.1) is 12.4 Å². The predicted octanol–water partition coefficient (Wildman–Crippen LogP) is 4.96. The van der Waals surface area contributed by atoms with Crippen molar-refractivity contribution >= 4 is 18.3 Å². The minimum absolute atomic E-state index is 0. The zero-order chi connectivity index (χ0) is 18.9. The summed E-state index contributed by atoms with van der Waals surface area (Å²) in [6.45, 7) is 1.54. The van der Waals surface area contributed by atoms with Crippen molar-refractivity contribution in [1.82, 2.24) is 5.32 Å². The Kier molecular flexibility index (Phi) is 9.32. The second-order valence-corrected chi connectivity index (χ2v) is 7.31. The Labute approximate surface area is 174 Å². The molecule has 0 aromatic heterocycles. The van der Waals surface area contributed by atoms with E-state index < -0.39 is 5.91 Å². The molecular formula is C23H31ClN2O2. The summed E-state index contributed by atoms with van der Waals surface area (Å²) in [4.78, 5) is 11.2. The number of hydrogen-bond acceptors (Lipinski definition) is 3. The number of nitrogens with two attached hydrogens (primary N) is 1. The first-order valence-electron chi connectivity index (χ1n) is 10.1. The van der Waals surface area contributed by atoms with E-state index in [-0.39, 0.29) is 12.4 Å². The molecule has 4 nitrogen and oxygen atoms in total. The Morgan fingerprint density at radius 3 is 2.32 bits per heavy atom. The lowest BCUT2D eigenvalue weighted by Crippen LogP contribution is -2.33. The van der Waals surface area contributed by atoms with E-state index in [1.807, 2.05) is 36.4 Å². The van der Waals surface area contributed by atoms with Crippen LogP contribution in [0.1, 0.15) is 55.3 Å². The summed E-state index contributed by atoms with van der Waals surface area (Å²) in [5.74, 6) is 0.460. The Balaban J connectivity index is 0.00000280. The molecule has 1 aliphatic rings. The van der Waals surface area contributed by atoms with Gasteiger partial charge in [0.05, 0.1) is 0 Å². The first-order valence-corrected chi connectivity index (χ1v) is 10.1. The molecule has 28 heavy (non-hydrogen) atoms. The van der Waals surface area contributed by atoms with E-state index in [2.05, 4.69) is 5.32 Å². The molecule has 1 saturated carbocycles. The highest BCUT2D eigenvalue weighted by molar-refractivity contribution is 5.93. The molecule has 0 radical (unpaired) electrons. The molecule has 2 aromatic rings.